The molecule has 0 saturated heterocycles. The van der Waals surface area contributed by atoms with Gasteiger partial charge in [0.25, 0.3) is 0 Å². The zero-order valence-electron chi connectivity index (χ0n) is 14.4. The molecule has 0 N–H and O–H groups in total. The highest BCUT2D eigenvalue weighted by atomic mass is 35.5. The molecular weight excluding hydrogens is 296 g/mol. The maximum atomic E-state index is 11.6. The smallest absolute Gasteiger partial charge is 0.305 e. The van der Waals surface area contributed by atoms with Gasteiger partial charge < -0.3 is 4.74 Å². The zero-order valence-corrected chi connectivity index (χ0v) is 15.2. The molecule has 0 aliphatic carbocycles. The Bertz CT molecular complexity index is 309. The lowest BCUT2D eigenvalue weighted by atomic mass is 9.97. The molecule has 0 radical (unpaired) electrons. The third kappa shape index (κ3) is 13.0. The topological polar surface area (TPSA) is 26.3 Å². The van der Waals surface area contributed by atoms with E-state index >= 15 is 0 Å². The average molecular weight is 329 g/mol. The highest BCUT2D eigenvalue weighted by Gasteiger charge is 2.14. The summed E-state index contributed by atoms with van der Waals surface area (Å²) in [5.74, 6) is 3.02. The lowest BCUT2D eigenvalue weighted by Gasteiger charge is -2.17. The third-order valence-corrected chi connectivity index (χ3v) is 4.62. The molecule has 0 aliphatic rings. The molecule has 0 amide bonds. The Morgan fingerprint density at radius 1 is 1.14 bits per heavy atom. The number of rotatable bonds is 14. The van der Waals surface area contributed by atoms with Gasteiger partial charge >= 0.3 is 5.97 Å². The second-order valence-corrected chi connectivity index (χ2v) is 6.68. The van der Waals surface area contributed by atoms with E-state index in [0.29, 0.717) is 18.9 Å². The lowest BCUT2D eigenvalue weighted by Crippen LogP contribution is -2.13. The summed E-state index contributed by atoms with van der Waals surface area (Å²) in [5.41, 5.74) is 0. The van der Waals surface area contributed by atoms with Crippen molar-refractivity contribution in [3.05, 3.63) is 0 Å². The van der Waals surface area contributed by atoms with Gasteiger partial charge in [0.05, 0.1) is 6.61 Å². The normalized spacial score (nSPS) is 13.4. The number of ether oxygens (including phenoxy) is 1. The summed E-state index contributed by atoms with van der Waals surface area (Å²) in [6, 6.07) is 0. The molecule has 2 unspecified atom stereocenters. The van der Waals surface area contributed by atoms with Crippen LogP contribution in [0.5, 0.6) is 0 Å². The second kappa shape index (κ2) is 15.2. The van der Waals surface area contributed by atoms with E-state index in [1.165, 1.54) is 19.3 Å². The summed E-state index contributed by atoms with van der Waals surface area (Å²) < 4.78 is 5.24. The minimum atomic E-state index is -0.0839. The Morgan fingerprint density at radius 2 is 1.86 bits per heavy atom. The summed E-state index contributed by atoms with van der Waals surface area (Å²) in [6.45, 7) is 4.91. The first-order valence-corrected chi connectivity index (χ1v) is 9.28. The Kier molecular flexibility index (Phi) is 14.8. The molecule has 0 bridgehead atoms. The van der Waals surface area contributed by atoms with Crippen LogP contribution in [0.1, 0.15) is 84.5 Å². The first-order valence-electron chi connectivity index (χ1n) is 8.85. The van der Waals surface area contributed by atoms with Crippen molar-refractivity contribution in [2.24, 2.45) is 5.92 Å². The molecule has 2 nitrogen and oxygen atoms in total. The van der Waals surface area contributed by atoms with Gasteiger partial charge in [-0.05, 0) is 38.0 Å². The number of hydrogen-bond donors (Lipinski definition) is 0. The van der Waals surface area contributed by atoms with E-state index in [1.54, 1.807) is 0 Å². The van der Waals surface area contributed by atoms with E-state index < -0.39 is 0 Å². The first-order chi connectivity index (χ1) is 10.6. The van der Waals surface area contributed by atoms with Crippen molar-refractivity contribution in [1.29, 1.82) is 0 Å². The SMILES string of the molecule is C#CCCCC(C)C(Cl)CCCC(=O)OCCCCCCC. The monoisotopic (exact) mass is 328 g/mol. The molecule has 0 saturated carbocycles. The van der Waals surface area contributed by atoms with Crippen LogP contribution in [0.25, 0.3) is 0 Å². The number of carbonyl (C=O) groups excluding carboxylic acids is 1. The van der Waals surface area contributed by atoms with Gasteiger partial charge in [0, 0.05) is 18.2 Å². The summed E-state index contributed by atoms with van der Waals surface area (Å²) in [4.78, 5) is 11.6. The van der Waals surface area contributed by atoms with Crippen LogP contribution in [0, 0.1) is 18.3 Å². The molecule has 0 aromatic carbocycles. The number of hydrogen-bond acceptors (Lipinski definition) is 2. The van der Waals surface area contributed by atoms with Gasteiger partial charge in [-0.25, -0.2) is 0 Å². The molecule has 0 heterocycles. The van der Waals surface area contributed by atoms with Crippen LogP contribution in [0.4, 0.5) is 0 Å². The molecule has 0 fully saturated rings. The van der Waals surface area contributed by atoms with Crippen LogP contribution in [0.15, 0.2) is 0 Å². The van der Waals surface area contributed by atoms with Gasteiger partial charge in [-0.3, -0.25) is 4.79 Å². The average Bonchev–Trinajstić information content (AvgIpc) is 2.50. The molecule has 0 spiro atoms. The number of alkyl halides is 1. The summed E-state index contributed by atoms with van der Waals surface area (Å²) in [7, 11) is 0. The predicted molar refractivity (Wildman–Crippen MR) is 95.1 cm³/mol. The zero-order chi connectivity index (χ0) is 16.6. The number of terminal acetylenes is 1. The summed E-state index contributed by atoms with van der Waals surface area (Å²) >= 11 is 6.37. The van der Waals surface area contributed by atoms with Crippen molar-refractivity contribution in [3.63, 3.8) is 0 Å². The van der Waals surface area contributed by atoms with Crippen LogP contribution in [-0.4, -0.2) is 18.0 Å². The van der Waals surface area contributed by atoms with Crippen molar-refractivity contribution < 1.29 is 9.53 Å². The second-order valence-electron chi connectivity index (χ2n) is 6.12. The standard InChI is InChI=1S/C19H33ClO2/c1-4-6-8-9-11-16-22-19(21)15-12-14-18(20)17(3)13-10-7-5-2/h2,17-18H,4,6-16H2,1,3H3. The molecule has 0 rings (SSSR count). The van der Waals surface area contributed by atoms with Crippen molar-refractivity contribution in [1.82, 2.24) is 0 Å². The maximum Gasteiger partial charge on any atom is 0.305 e. The fourth-order valence-electron chi connectivity index (χ4n) is 2.40. The maximum absolute atomic E-state index is 11.6. The van der Waals surface area contributed by atoms with E-state index in [9.17, 15) is 4.79 Å². The Morgan fingerprint density at radius 3 is 2.55 bits per heavy atom. The third-order valence-electron chi connectivity index (χ3n) is 3.97. The van der Waals surface area contributed by atoms with Crippen molar-refractivity contribution >= 4 is 17.6 Å². The molecular formula is C19H33ClO2. The first kappa shape index (κ1) is 21.3. The highest BCUT2D eigenvalue weighted by Crippen LogP contribution is 2.22. The van der Waals surface area contributed by atoms with Crippen LogP contribution in [0.3, 0.4) is 0 Å². The Labute approximate surface area is 142 Å². The Balaban J connectivity index is 3.52. The molecule has 22 heavy (non-hydrogen) atoms. The van der Waals surface area contributed by atoms with Gasteiger partial charge in [-0.1, -0.05) is 39.5 Å². The fraction of sp³-hybridized carbons (Fsp3) is 0.842. The van der Waals surface area contributed by atoms with Crippen LogP contribution < -0.4 is 0 Å². The minimum Gasteiger partial charge on any atom is -0.466 e. The van der Waals surface area contributed by atoms with Crippen LogP contribution >= 0.6 is 11.6 Å². The molecule has 3 heteroatoms. The van der Waals surface area contributed by atoms with Gasteiger partial charge in [-0.2, -0.15) is 0 Å². The van der Waals surface area contributed by atoms with Gasteiger partial charge in [0.1, 0.15) is 0 Å². The molecule has 0 aromatic rings. The van der Waals surface area contributed by atoms with Crippen molar-refractivity contribution in [3.8, 4) is 12.3 Å². The number of unbranched alkanes of at least 4 members (excludes halogenated alkanes) is 5. The van der Waals surface area contributed by atoms with Crippen molar-refractivity contribution in [2.75, 3.05) is 6.61 Å². The minimum absolute atomic E-state index is 0.0839. The molecule has 0 aromatic heterocycles. The number of halogens is 1. The van der Waals surface area contributed by atoms with E-state index in [0.717, 1.165) is 44.9 Å². The molecule has 128 valence electrons. The predicted octanol–water partition coefficient (Wildman–Crippen LogP) is 5.72. The van der Waals surface area contributed by atoms with E-state index in [1.807, 2.05) is 0 Å². The fourth-order valence-corrected chi connectivity index (χ4v) is 2.68. The molecule has 2 atom stereocenters. The van der Waals surface area contributed by atoms with E-state index in [2.05, 4.69) is 19.8 Å². The van der Waals surface area contributed by atoms with Crippen LogP contribution in [0.2, 0.25) is 0 Å². The quantitative estimate of drug-likeness (QED) is 0.176. The summed E-state index contributed by atoms with van der Waals surface area (Å²) in [5, 5.41) is 0.125. The number of carbonyl (C=O) groups is 1. The largest absolute Gasteiger partial charge is 0.466 e. The summed E-state index contributed by atoms with van der Waals surface area (Å²) in [6.07, 6.45) is 16.2. The molecule has 0 aliphatic heterocycles. The Hall–Kier alpha value is -0.680. The van der Waals surface area contributed by atoms with Gasteiger partial charge in [0.2, 0.25) is 0 Å². The van der Waals surface area contributed by atoms with Crippen LogP contribution in [-0.2, 0) is 9.53 Å². The highest BCUT2D eigenvalue weighted by molar-refractivity contribution is 6.20. The lowest BCUT2D eigenvalue weighted by molar-refractivity contribution is -0.143. The number of esters is 1. The van der Waals surface area contributed by atoms with E-state index in [4.69, 9.17) is 22.8 Å². The van der Waals surface area contributed by atoms with Crippen molar-refractivity contribution in [2.45, 2.75) is 89.9 Å². The van der Waals surface area contributed by atoms with Gasteiger partial charge in [-0.15, -0.1) is 23.9 Å². The van der Waals surface area contributed by atoms with E-state index in [-0.39, 0.29) is 11.3 Å². The van der Waals surface area contributed by atoms with Gasteiger partial charge in [0.15, 0.2) is 0 Å².